The lowest BCUT2D eigenvalue weighted by atomic mass is 9.98. The predicted octanol–water partition coefficient (Wildman–Crippen LogP) is 6.40. The number of hydrogen-bond acceptors (Lipinski definition) is 7. The average molecular weight is 621 g/mol. The van der Waals surface area contributed by atoms with E-state index in [4.69, 9.17) is 21.1 Å². The van der Waals surface area contributed by atoms with Gasteiger partial charge in [-0.25, -0.2) is 13.4 Å². The summed E-state index contributed by atoms with van der Waals surface area (Å²) in [6.07, 6.45) is 0.159. The summed E-state index contributed by atoms with van der Waals surface area (Å²) in [5.74, 6) is 0.802. The number of anilines is 1. The molecule has 0 amide bonds. The van der Waals surface area contributed by atoms with Gasteiger partial charge in [-0.2, -0.15) is 13.2 Å². The summed E-state index contributed by atoms with van der Waals surface area (Å²) in [6.45, 7) is 2.51. The van der Waals surface area contributed by atoms with Gasteiger partial charge in [0.1, 0.15) is 18.0 Å². The highest BCUT2D eigenvalue weighted by molar-refractivity contribution is 7.92. The highest BCUT2D eigenvalue weighted by Gasteiger charge is 2.37. The Morgan fingerprint density at radius 1 is 1.07 bits per heavy atom. The molecule has 1 saturated heterocycles. The molecule has 2 aromatic heterocycles. The summed E-state index contributed by atoms with van der Waals surface area (Å²) in [6, 6.07) is 12.1. The van der Waals surface area contributed by atoms with Gasteiger partial charge in [0.15, 0.2) is 0 Å². The van der Waals surface area contributed by atoms with Gasteiger partial charge in [-0.15, -0.1) is 0 Å². The number of nitrogens with zero attached hydrogens (tertiary/aromatic N) is 3. The van der Waals surface area contributed by atoms with Gasteiger partial charge >= 0.3 is 6.18 Å². The van der Waals surface area contributed by atoms with Crippen LogP contribution >= 0.6 is 11.6 Å². The number of halogens is 4. The van der Waals surface area contributed by atoms with Crippen LogP contribution in [0.2, 0.25) is 5.02 Å². The fourth-order valence-electron chi connectivity index (χ4n) is 4.65. The van der Waals surface area contributed by atoms with Gasteiger partial charge in [0.25, 0.3) is 10.0 Å². The third-order valence-corrected chi connectivity index (χ3v) is 8.73. The molecule has 1 aliphatic heterocycles. The monoisotopic (exact) mass is 620 g/mol. The van der Waals surface area contributed by atoms with E-state index in [-0.39, 0.29) is 18.2 Å². The molecule has 8 nitrogen and oxygen atoms in total. The Hall–Kier alpha value is -3.61. The van der Waals surface area contributed by atoms with Crippen molar-refractivity contribution in [3.05, 3.63) is 83.1 Å². The first kappa shape index (κ1) is 29.9. The second-order valence-corrected chi connectivity index (χ2v) is 12.2. The second-order valence-electron chi connectivity index (χ2n) is 10.1. The number of aromatic nitrogens is 2. The molecule has 222 valence electrons. The summed E-state index contributed by atoms with van der Waals surface area (Å²) in [5.41, 5.74) is -0.299. The van der Waals surface area contributed by atoms with Gasteiger partial charge in [0.2, 0.25) is 5.88 Å². The van der Waals surface area contributed by atoms with E-state index < -0.39 is 26.7 Å². The maximum atomic E-state index is 13.6. The molecule has 5 rings (SSSR count). The fraction of sp³-hybridized carbons (Fsp3) is 0.310. The first-order valence-corrected chi connectivity index (χ1v) is 15.0. The number of sulfonamides is 1. The van der Waals surface area contributed by atoms with Crippen molar-refractivity contribution in [2.45, 2.75) is 30.5 Å². The molecule has 0 bridgehead atoms. The summed E-state index contributed by atoms with van der Waals surface area (Å²) in [5, 5.41) is 0.905. The fourth-order valence-corrected chi connectivity index (χ4v) is 6.10. The van der Waals surface area contributed by atoms with Gasteiger partial charge < -0.3 is 14.4 Å². The normalized spacial score (nSPS) is 15.1. The van der Waals surface area contributed by atoms with Crippen LogP contribution in [-0.4, -0.2) is 50.0 Å². The Bertz CT molecular complexity index is 1680. The first-order valence-electron chi connectivity index (χ1n) is 13.2. The number of ether oxygens (including phenoxy) is 2. The van der Waals surface area contributed by atoms with Gasteiger partial charge in [-0.3, -0.25) is 9.71 Å². The number of alkyl halides is 3. The van der Waals surface area contributed by atoms with E-state index in [0.29, 0.717) is 45.8 Å². The first-order chi connectivity index (χ1) is 20.0. The molecule has 1 N–H and O–H groups in total. The van der Waals surface area contributed by atoms with Crippen molar-refractivity contribution in [2.75, 3.05) is 31.5 Å². The number of nitrogens with one attached hydrogen (secondary N) is 1. The Morgan fingerprint density at radius 2 is 1.83 bits per heavy atom. The van der Waals surface area contributed by atoms with Crippen LogP contribution in [0.1, 0.15) is 24.0 Å². The molecule has 3 heterocycles. The van der Waals surface area contributed by atoms with Crippen LogP contribution in [0, 0.1) is 5.92 Å². The van der Waals surface area contributed by atoms with Crippen LogP contribution in [0.4, 0.5) is 18.9 Å². The SMILES string of the molecule is CN1CCC(COc2cc(COc3nc4ccncc4cc3NS(=O)(=O)c3ccccc3C(F)(F)F)ccc2Cl)CC1. The van der Waals surface area contributed by atoms with Gasteiger partial charge in [0, 0.05) is 17.8 Å². The molecule has 0 saturated carbocycles. The number of hydrogen-bond donors (Lipinski definition) is 1. The smallest absolute Gasteiger partial charge is 0.417 e. The molecule has 2 aromatic carbocycles. The minimum absolute atomic E-state index is 0.0425. The summed E-state index contributed by atoms with van der Waals surface area (Å²) in [7, 11) is -2.59. The largest absolute Gasteiger partial charge is 0.492 e. The third kappa shape index (κ3) is 7.05. The van der Waals surface area contributed by atoms with Crippen molar-refractivity contribution < 1.29 is 31.1 Å². The summed E-state index contributed by atoms with van der Waals surface area (Å²) in [4.78, 5) is 9.79. The van der Waals surface area contributed by atoms with Crippen molar-refractivity contribution in [3.8, 4) is 11.6 Å². The van der Waals surface area contributed by atoms with E-state index >= 15 is 0 Å². The number of pyridine rings is 2. The number of likely N-dealkylation sites (tertiary alicyclic amines) is 1. The lowest BCUT2D eigenvalue weighted by Gasteiger charge is -2.28. The number of benzene rings is 2. The molecular weight excluding hydrogens is 593 g/mol. The molecule has 4 aromatic rings. The summed E-state index contributed by atoms with van der Waals surface area (Å²) >= 11 is 6.37. The zero-order valence-electron chi connectivity index (χ0n) is 22.6. The van der Waals surface area contributed by atoms with E-state index in [9.17, 15) is 21.6 Å². The lowest BCUT2D eigenvalue weighted by molar-refractivity contribution is -0.139. The van der Waals surface area contributed by atoms with E-state index in [1.807, 2.05) is 0 Å². The topological polar surface area (TPSA) is 93.7 Å². The van der Waals surface area contributed by atoms with Crippen LogP contribution in [0.25, 0.3) is 10.9 Å². The molecule has 0 aliphatic carbocycles. The standard InChI is InChI=1S/C29H28ClF3N4O4S/c1-37-12-9-19(10-13-37)17-40-26-14-20(6-7-23(26)30)18-41-28-25(15-21-16-34-11-8-24(21)35-28)36-42(38,39)27-5-3-2-4-22(27)29(31,32)33/h2-8,11,14-16,19,36H,9-10,12-13,17-18H2,1H3. The maximum Gasteiger partial charge on any atom is 0.417 e. The van der Waals surface area contributed by atoms with Crippen LogP contribution in [-0.2, 0) is 22.8 Å². The van der Waals surface area contributed by atoms with Gasteiger partial charge in [0.05, 0.1) is 27.6 Å². The van der Waals surface area contributed by atoms with E-state index in [0.717, 1.165) is 38.1 Å². The molecule has 1 fully saturated rings. The summed E-state index contributed by atoms with van der Waals surface area (Å²) < 4.78 is 81.3. The van der Waals surface area contributed by atoms with Crippen molar-refractivity contribution in [1.82, 2.24) is 14.9 Å². The Morgan fingerprint density at radius 3 is 2.60 bits per heavy atom. The molecule has 42 heavy (non-hydrogen) atoms. The van der Waals surface area contributed by atoms with Crippen LogP contribution in [0.15, 0.2) is 71.9 Å². The highest BCUT2D eigenvalue weighted by atomic mass is 35.5. The Kier molecular flexibility index (Phi) is 8.76. The molecule has 0 radical (unpaired) electrons. The van der Waals surface area contributed by atoms with Gasteiger partial charge in [-0.1, -0.05) is 29.8 Å². The van der Waals surface area contributed by atoms with Crippen LogP contribution in [0.3, 0.4) is 0 Å². The van der Waals surface area contributed by atoms with Crippen LogP contribution < -0.4 is 14.2 Å². The molecule has 0 atom stereocenters. The van der Waals surface area contributed by atoms with Gasteiger partial charge in [-0.05, 0) is 80.9 Å². The van der Waals surface area contributed by atoms with E-state index in [1.54, 1.807) is 24.3 Å². The number of fused-ring (bicyclic) bond motifs is 1. The van der Waals surface area contributed by atoms with Crippen LogP contribution in [0.5, 0.6) is 11.6 Å². The number of rotatable bonds is 9. The number of piperidine rings is 1. The average Bonchev–Trinajstić information content (AvgIpc) is 2.96. The Labute approximate surface area is 246 Å². The molecule has 1 aliphatic rings. The Balaban J connectivity index is 1.38. The highest BCUT2D eigenvalue weighted by Crippen LogP contribution is 2.36. The van der Waals surface area contributed by atoms with Crippen molar-refractivity contribution in [1.29, 1.82) is 0 Å². The second kappa shape index (κ2) is 12.3. The van der Waals surface area contributed by atoms with E-state index in [1.165, 1.54) is 24.5 Å². The third-order valence-electron chi connectivity index (χ3n) is 6.99. The molecule has 0 spiro atoms. The minimum atomic E-state index is -4.88. The zero-order valence-corrected chi connectivity index (χ0v) is 24.1. The minimum Gasteiger partial charge on any atom is -0.492 e. The van der Waals surface area contributed by atoms with E-state index in [2.05, 4.69) is 26.6 Å². The molecule has 0 unspecified atom stereocenters. The van der Waals surface area contributed by atoms with Crippen molar-refractivity contribution >= 4 is 38.2 Å². The van der Waals surface area contributed by atoms with Crippen molar-refractivity contribution in [3.63, 3.8) is 0 Å². The lowest BCUT2D eigenvalue weighted by Crippen LogP contribution is -2.32. The quantitative estimate of drug-likeness (QED) is 0.231. The molecule has 13 heteroatoms. The predicted molar refractivity (Wildman–Crippen MR) is 153 cm³/mol. The maximum absolute atomic E-state index is 13.6. The zero-order chi connectivity index (χ0) is 29.9. The molecular formula is C29H28ClF3N4O4S. The van der Waals surface area contributed by atoms with Crippen molar-refractivity contribution in [2.24, 2.45) is 5.92 Å².